The molecule has 11 nitrogen and oxygen atoms in total. The van der Waals surface area contributed by atoms with Crippen LogP contribution in [-0.4, -0.2) is 62.2 Å². The zero-order chi connectivity index (χ0) is 36.5. The number of rotatable bonds is 15. The van der Waals surface area contributed by atoms with Gasteiger partial charge in [0.15, 0.2) is 0 Å². The van der Waals surface area contributed by atoms with E-state index < -0.39 is 55.1 Å². The normalized spacial score (nSPS) is 18.5. The minimum absolute atomic E-state index is 0.0850. The molecule has 0 unspecified atom stereocenters. The number of hydrogen-bond donors (Lipinski definition) is 1. The third-order valence-electron chi connectivity index (χ3n) is 8.99. The predicted octanol–water partition coefficient (Wildman–Crippen LogP) is 4.90. The van der Waals surface area contributed by atoms with Gasteiger partial charge in [-0.2, -0.15) is 0 Å². The Morgan fingerprint density at radius 3 is 1.98 bits per heavy atom. The number of aliphatic hydroxyl groups is 1. The average molecular weight is 769 g/mol. The Kier molecular flexibility index (Phi) is 12.0. The van der Waals surface area contributed by atoms with Crippen molar-refractivity contribution in [3.05, 3.63) is 165 Å². The first-order chi connectivity index (χ1) is 25.4. The molecule has 0 radical (unpaired) electrons. The van der Waals surface area contributed by atoms with Crippen molar-refractivity contribution in [1.29, 1.82) is 5.26 Å². The Balaban J connectivity index is 1.34. The molecular formula is C40H39N3O8Se. The van der Waals surface area contributed by atoms with E-state index in [1.54, 1.807) is 14.2 Å². The van der Waals surface area contributed by atoms with Crippen LogP contribution >= 0.6 is 0 Å². The molecule has 0 aliphatic carbocycles. The summed E-state index contributed by atoms with van der Waals surface area (Å²) in [5, 5.41) is 21.5. The van der Waals surface area contributed by atoms with Crippen LogP contribution in [0.1, 0.15) is 28.5 Å². The number of benzene rings is 4. The first-order valence-electron chi connectivity index (χ1n) is 16.6. The van der Waals surface area contributed by atoms with Crippen molar-refractivity contribution >= 4 is 15.0 Å². The van der Waals surface area contributed by atoms with Gasteiger partial charge in [0.25, 0.3) is 0 Å². The molecule has 4 atom stereocenters. The van der Waals surface area contributed by atoms with Gasteiger partial charge in [-0.1, -0.05) is 0 Å². The summed E-state index contributed by atoms with van der Waals surface area (Å²) in [5.74, 6) is 1.36. The number of aliphatic hydroxyl groups excluding tert-OH is 1. The van der Waals surface area contributed by atoms with E-state index >= 15 is 0 Å². The first kappa shape index (κ1) is 36.8. The van der Waals surface area contributed by atoms with Crippen molar-refractivity contribution in [1.82, 2.24) is 9.13 Å². The van der Waals surface area contributed by atoms with Gasteiger partial charge >= 0.3 is 309 Å². The second-order valence-electron chi connectivity index (χ2n) is 12.0. The van der Waals surface area contributed by atoms with Gasteiger partial charge in [-0.15, -0.1) is 0 Å². The van der Waals surface area contributed by atoms with E-state index in [0.29, 0.717) is 11.5 Å². The Morgan fingerprint density at radius 2 is 1.40 bits per heavy atom. The Hall–Kier alpha value is -4.99. The van der Waals surface area contributed by atoms with Crippen LogP contribution < -0.4 is 20.7 Å². The van der Waals surface area contributed by atoms with Gasteiger partial charge in [0.2, 0.25) is 0 Å². The van der Waals surface area contributed by atoms with Crippen molar-refractivity contribution < 1.29 is 28.8 Å². The number of methoxy groups -OCH3 is 2. The summed E-state index contributed by atoms with van der Waals surface area (Å²) in [6, 6.07) is 37.8. The van der Waals surface area contributed by atoms with Crippen molar-refractivity contribution in [3.8, 4) is 17.6 Å². The third-order valence-corrected chi connectivity index (χ3v) is 11.5. The Bertz CT molecular complexity index is 2020. The van der Waals surface area contributed by atoms with Crippen LogP contribution in [0.2, 0.25) is 10.1 Å². The first-order valence-corrected chi connectivity index (χ1v) is 18.8. The predicted molar refractivity (Wildman–Crippen MR) is 194 cm³/mol. The topological polar surface area (TPSA) is 134 Å². The zero-order valence-electron chi connectivity index (χ0n) is 28.7. The van der Waals surface area contributed by atoms with E-state index in [0.717, 1.165) is 26.8 Å². The van der Waals surface area contributed by atoms with Gasteiger partial charge in [-0.25, -0.2) is 0 Å². The van der Waals surface area contributed by atoms with Crippen molar-refractivity contribution in [2.75, 3.05) is 20.8 Å². The molecule has 0 bridgehead atoms. The molecule has 5 aromatic rings. The summed E-state index contributed by atoms with van der Waals surface area (Å²) in [5.41, 5.74) is 0.987. The van der Waals surface area contributed by atoms with E-state index in [9.17, 15) is 20.0 Å². The molecule has 268 valence electrons. The van der Waals surface area contributed by atoms with Gasteiger partial charge in [0, 0.05) is 0 Å². The summed E-state index contributed by atoms with van der Waals surface area (Å²) in [7, 11) is 3.21. The van der Waals surface area contributed by atoms with Gasteiger partial charge in [-0.05, 0) is 0 Å². The van der Waals surface area contributed by atoms with Crippen molar-refractivity contribution in [2.24, 2.45) is 0 Å². The molecule has 0 spiro atoms. The summed E-state index contributed by atoms with van der Waals surface area (Å²) < 4.78 is 32.4. The second-order valence-corrected chi connectivity index (χ2v) is 14.5. The minimum atomic E-state index is -1.17. The molecule has 1 aromatic heterocycles. The van der Waals surface area contributed by atoms with Gasteiger partial charge < -0.3 is 0 Å². The molecule has 1 aliphatic heterocycles. The molecule has 1 N–H and O–H groups in total. The van der Waals surface area contributed by atoms with Crippen molar-refractivity contribution in [2.45, 2.75) is 47.5 Å². The van der Waals surface area contributed by atoms with Crippen LogP contribution in [-0.2, 0) is 33.1 Å². The summed E-state index contributed by atoms with van der Waals surface area (Å²) in [6.07, 6.45) is -1.56. The van der Waals surface area contributed by atoms with Crippen LogP contribution in [0, 0.1) is 11.3 Å². The monoisotopic (exact) mass is 769 g/mol. The Morgan fingerprint density at radius 1 is 0.827 bits per heavy atom. The number of hydrogen-bond acceptors (Lipinski definition) is 9. The van der Waals surface area contributed by atoms with Crippen molar-refractivity contribution in [3.63, 3.8) is 0 Å². The molecule has 1 saturated heterocycles. The molecule has 0 amide bonds. The maximum atomic E-state index is 13.8. The summed E-state index contributed by atoms with van der Waals surface area (Å²) in [6.45, 7) is -0.149. The molecule has 2 heterocycles. The molecule has 1 aliphatic rings. The van der Waals surface area contributed by atoms with Crippen LogP contribution in [0.5, 0.6) is 11.5 Å². The molecule has 12 heteroatoms. The number of ether oxygens (including phenoxy) is 5. The fourth-order valence-electron chi connectivity index (χ4n) is 6.35. The van der Waals surface area contributed by atoms with E-state index in [4.69, 9.17) is 23.7 Å². The van der Waals surface area contributed by atoms with Crippen LogP contribution in [0.15, 0.2) is 131 Å². The summed E-state index contributed by atoms with van der Waals surface area (Å²) >= 11 is -0.444. The van der Waals surface area contributed by atoms with E-state index in [1.165, 1.54) is 16.8 Å². The fourth-order valence-corrected chi connectivity index (χ4v) is 8.44. The third kappa shape index (κ3) is 7.76. The molecule has 6 rings (SSSR count). The molecule has 0 saturated carbocycles. The molecular weight excluding hydrogens is 729 g/mol. The van der Waals surface area contributed by atoms with E-state index in [1.807, 2.05) is 109 Å². The fraction of sp³-hybridized carbons (Fsp3) is 0.275. The number of aromatic nitrogens is 2. The van der Waals surface area contributed by atoms with Gasteiger partial charge in [-0.3, -0.25) is 0 Å². The second kappa shape index (κ2) is 17.0. The number of nitrogens with zero attached hydrogens (tertiary/aromatic N) is 3. The van der Waals surface area contributed by atoms with Crippen LogP contribution in [0.4, 0.5) is 0 Å². The Labute approximate surface area is 307 Å². The SMILES string of the molecule is COc1ccc(C(OC[C@H]2O[C@@H](n3ccc(=O)n(COCc4ccccc4)c3=O)[C@H]([Se]CC#N)[C@@H]2O)(c2ccccc2)c2ccc(OC)cc2)cc1. The van der Waals surface area contributed by atoms with Crippen LogP contribution in [0.25, 0.3) is 0 Å². The molecule has 4 aromatic carbocycles. The zero-order valence-corrected chi connectivity index (χ0v) is 30.5. The van der Waals surface area contributed by atoms with Gasteiger partial charge in [0.1, 0.15) is 0 Å². The maximum absolute atomic E-state index is 13.8. The summed E-state index contributed by atoms with van der Waals surface area (Å²) in [4.78, 5) is 26.0. The van der Waals surface area contributed by atoms with E-state index in [-0.39, 0.29) is 25.3 Å². The van der Waals surface area contributed by atoms with Gasteiger partial charge in [0.05, 0.1) is 0 Å². The van der Waals surface area contributed by atoms with E-state index in [2.05, 4.69) is 6.07 Å². The number of nitriles is 1. The average Bonchev–Trinajstić information content (AvgIpc) is 3.50. The molecule has 52 heavy (non-hydrogen) atoms. The standard InChI is InChI=1S/C40H39N3O8Se/c1-47-32-17-13-30(14-18-32)40(29-11-7-4-8-12-29,31-15-19-33(48-2)20-16-31)50-26-34-36(45)37(52-24-22-41)38(51-34)42-23-21-35(44)43(39(42)46)27-49-25-28-9-5-3-6-10-28/h3-21,23,34,36-38,45H,24-27H2,1-2H3/t34-,36-,37-,38-/m1/s1. The molecule has 1 fully saturated rings. The quantitative estimate of drug-likeness (QED) is 0.117. The van der Waals surface area contributed by atoms with Crippen LogP contribution in [0.3, 0.4) is 0 Å².